The van der Waals surface area contributed by atoms with E-state index in [-0.39, 0.29) is 0 Å². The summed E-state index contributed by atoms with van der Waals surface area (Å²) in [6.07, 6.45) is 4.86. The fourth-order valence-electron chi connectivity index (χ4n) is 1.61. The molecule has 0 fully saturated rings. The summed E-state index contributed by atoms with van der Waals surface area (Å²) in [5.74, 6) is 0.875. The van der Waals surface area contributed by atoms with Gasteiger partial charge in [-0.2, -0.15) is 14.9 Å². The molecule has 0 aliphatic carbocycles. The van der Waals surface area contributed by atoms with Crippen LogP contribution in [0.2, 0.25) is 0 Å². The zero-order valence-corrected chi connectivity index (χ0v) is 13.0. The fourth-order valence-corrected chi connectivity index (χ4v) is 2.08. The SMILES string of the molecule is CCCCc1n[nH]c(=S)n1/N=C/c1ccc(Br)cc1. The molecular formula is C13H15BrN4S. The number of aromatic nitrogens is 3. The Morgan fingerprint density at radius 3 is 2.84 bits per heavy atom. The molecular weight excluding hydrogens is 324 g/mol. The molecule has 100 valence electrons. The second-order valence-corrected chi connectivity index (χ2v) is 5.46. The number of H-pyrrole nitrogens is 1. The molecule has 0 atom stereocenters. The van der Waals surface area contributed by atoms with Crippen molar-refractivity contribution in [3.05, 3.63) is 44.9 Å². The Morgan fingerprint density at radius 1 is 1.42 bits per heavy atom. The van der Waals surface area contributed by atoms with Crippen LogP contribution < -0.4 is 0 Å². The highest BCUT2D eigenvalue weighted by Gasteiger charge is 2.03. The van der Waals surface area contributed by atoms with Crippen LogP contribution in [-0.4, -0.2) is 21.1 Å². The first-order chi connectivity index (χ1) is 9.20. The summed E-state index contributed by atoms with van der Waals surface area (Å²) in [6, 6.07) is 7.94. The summed E-state index contributed by atoms with van der Waals surface area (Å²) in [7, 11) is 0. The lowest BCUT2D eigenvalue weighted by Gasteiger charge is -1.99. The summed E-state index contributed by atoms with van der Waals surface area (Å²) >= 11 is 8.59. The van der Waals surface area contributed by atoms with Gasteiger partial charge in [-0.1, -0.05) is 41.4 Å². The van der Waals surface area contributed by atoms with Crippen molar-refractivity contribution in [1.29, 1.82) is 0 Å². The zero-order chi connectivity index (χ0) is 13.7. The number of rotatable bonds is 5. The Labute approximate surface area is 125 Å². The number of aromatic amines is 1. The van der Waals surface area contributed by atoms with E-state index < -0.39 is 0 Å². The Kier molecular flexibility index (Phi) is 5.04. The molecule has 0 saturated carbocycles. The van der Waals surface area contributed by atoms with Gasteiger partial charge in [0.1, 0.15) is 0 Å². The van der Waals surface area contributed by atoms with E-state index in [1.54, 1.807) is 10.9 Å². The summed E-state index contributed by atoms with van der Waals surface area (Å²) in [5, 5.41) is 11.4. The van der Waals surface area contributed by atoms with Crippen molar-refractivity contribution in [1.82, 2.24) is 14.9 Å². The molecule has 0 amide bonds. The molecule has 0 unspecified atom stereocenters. The predicted molar refractivity (Wildman–Crippen MR) is 83.2 cm³/mol. The average Bonchev–Trinajstić information content (AvgIpc) is 2.76. The Morgan fingerprint density at radius 2 is 2.16 bits per heavy atom. The van der Waals surface area contributed by atoms with E-state index in [0.29, 0.717) is 4.77 Å². The van der Waals surface area contributed by atoms with Crippen molar-refractivity contribution in [2.24, 2.45) is 5.10 Å². The van der Waals surface area contributed by atoms with E-state index in [2.05, 4.69) is 38.2 Å². The molecule has 4 nitrogen and oxygen atoms in total. The van der Waals surface area contributed by atoms with E-state index in [9.17, 15) is 0 Å². The van der Waals surface area contributed by atoms with Crippen LogP contribution in [0.15, 0.2) is 33.8 Å². The summed E-state index contributed by atoms with van der Waals surface area (Å²) in [4.78, 5) is 0. The Bertz CT molecular complexity index is 612. The first-order valence-corrected chi connectivity index (χ1v) is 7.37. The number of unbranched alkanes of at least 4 members (excludes halogenated alkanes) is 1. The topological polar surface area (TPSA) is 46.0 Å². The van der Waals surface area contributed by atoms with Gasteiger partial charge in [0.05, 0.1) is 6.21 Å². The van der Waals surface area contributed by atoms with Gasteiger partial charge in [0.2, 0.25) is 4.77 Å². The van der Waals surface area contributed by atoms with Crippen molar-refractivity contribution in [2.75, 3.05) is 0 Å². The number of aryl methyl sites for hydroxylation is 1. The summed E-state index contributed by atoms with van der Waals surface area (Å²) in [5.41, 5.74) is 1.02. The average molecular weight is 339 g/mol. The minimum absolute atomic E-state index is 0.527. The third-order valence-corrected chi connectivity index (χ3v) is 3.46. The van der Waals surface area contributed by atoms with Gasteiger partial charge in [0, 0.05) is 10.9 Å². The molecule has 1 heterocycles. The van der Waals surface area contributed by atoms with Gasteiger partial charge in [-0.25, -0.2) is 0 Å². The monoisotopic (exact) mass is 338 g/mol. The molecule has 0 aliphatic rings. The minimum atomic E-state index is 0.527. The van der Waals surface area contributed by atoms with E-state index in [1.165, 1.54) is 0 Å². The summed E-state index contributed by atoms with van der Waals surface area (Å²) < 4.78 is 3.26. The largest absolute Gasteiger partial charge is 0.250 e. The van der Waals surface area contributed by atoms with Crippen molar-refractivity contribution in [2.45, 2.75) is 26.2 Å². The zero-order valence-electron chi connectivity index (χ0n) is 10.6. The number of hydrogen-bond donors (Lipinski definition) is 1. The van der Waals surface area contributed by atoms with Gasteiger partial charge < -0.3 is 0 Å². The minimum Gasteiger partial charge on any atom is -0.250 e. The maximum Gasteiger partial charge on any atom is 0.216 e. The second-order valence-electron chi connectivity index (χ2n) is 4.16. The van der Waals surface area contributed by atoms with Crippen LogP contribution >= 0.6 is 28.1 Å². The molecule has 2 rings (SSSR count). The molecule has 0 saturated heterocycles. The van der Waals surface area contributed by atoms with Gasteiger partial charge in [0.15, 0.2) is 5.82 Å². The first-order valence-electron chi connectivity index (χ1n) is 6.17. The number of halogens is 1. The Balaban J connectivity index is 2.20. The molecule has 1 N–H and O–H groups in total. The molecule has 0 spiro atoms. The molecule has 0 radical (unpaired) electrons. The third kappa shape index (κ3) is 3.84. The molecule has 1 aromatic heterocycles. The lowest BCUT2D eigenvalue weighted by molar-refractivity contribution is 0.700. The smallest absolute Gasteiger partial charge is 0.216 e. The molecule has 6 heteroatoms. The Hall–Kier alpha value is -1.27. The number of nitrogens with one attached hydrogen (secondary N) is 1. The maximum absolute atomic E-state index is 5.18. The highest BCUT2D eigenvalue weighted by molar-refractivity contribution is 9.10. The van der Waals surface area contributed by atoms with Crippen LogP contribution in [0.5, 0.6) is 0 Å². The number of nitrogens with zero attached hydrogens (tertiary/aromatic N) is 3. The fraction of sp³-hybridized carbons (Fsp3) is 0.308. The van der Waals surface area contributed by atoms with Crippen LogP contribution in [0.4, 0.5) is 0 Å². The second kappa shape index (κ2) is 6.77. The standard InChI is InChI=1S/C13H15BrN4S/c1-2-3-4-12-16-17-13(19)18(12)15-9-10-5-7-11(14)8-6-10/h5-9H,2-4H2,1H3,(H,17,19)/b15-9+. The van der Waals surface area contributed by atoms with E-state index in [4.69, 9.17) is 12.2 Å². The van der Waals surface area contributed by atoms with Crippen LogP contribution in [0.1, 0.15) is 31.2 Å². The normalized spacial score (nSPS) is 11.3. The molecule has 0 bridgehead atoms. The van der Waals surface area contributed by atoms with Crippen LogP contribution in [-0.2, 0) is 6.42 Å². The quantitative estimate of drug-likeness (QED) is 0.663. The highest BCUT2D eigenvalue weighted by atomic mass is 79.9. The first kappa shape index (κ1) is 14.1. The molecule has 1 aromatic carbocycles. The van der Waals surface area contributed by atoms with Gasteiger partial charge in [0.25, 0.3) is 0 Å². The van der Waals surface area contributed by atoms with Crippen LogP contribution in [0, 0.1) is 4.77 Å². The van der Waals surface area contributed by atoms with Crippen molar-refractivity contribution in [3.63, 3.8) is 0 Å². The highest BCUT2D eigenvalue weighted by Crippen LogP contribution is 2.09. The molecule has 0 aliphatic heterocycles. The lowest BCUT2D eigenvalue weighted by Crippen LogP contribution is -1.99. The van der Waals surface area contributed by atoms with Gasteiger partial charge in [-0.15, -0.1) is 0 Å². The van der Waals surface area contributed by atoms with E-state index in [1.807, 2.05) is 24.3 Å². The lowest BCUT2D eigenvalue weighted by atomic mass is 10.2. The van der Waals surface area contributed by atoms with Crippen LogP contribution in [0.25, 0.3) is 0 Å². The van der Waals surface area contributed by atoms with E-state index in [0.717, 1.165) is 35.1 Å². The molecule has 19 heavy (non-hydrogen) atoms. The number of hydrogen-bond acceptors (Lipinski definition) is 3. The van der Waals surface area contributed by atoms with Crippen molar-refractivity contribution in [3.8, 4) is 0 Å². The maximum atomic E-state index is 5.18. The van der Waals surface area contributed by atoms with Gasteiger partial charge >= 0.3 is 0 Å². The van der Waals surface area contributed by atoms with Crippen molar-refractivity contribution >= 4 is 34.4 Å². The van der Waals surface area contributed by atoms with Gasteiger partial charge in [-0.3, -0.25) is 5.10 Å². The van der Waals surface area contributed by atoms with Crippen LogP contribution in [0.3, 0.4) is 0 Å². The number of benzene rings is 1. The summed E-state index contributed by atoms with van der Waals surface area (Å²) in [6.45, 7) is 2.15. The molecule has 2 aromatic rings. The predicted octanol–water partition coefficient (Wildman–Crippen LogP) is 3.93. The van der Waals surface area contributed by atoms with Gasteiger partial charge in [-0.05, 0) is 36.3 Å². The third-order valence-electron chi connectivity index (χ3n) is 2.66. The van der Waals surface area contributed by atoms with E-state index >= 15 is 0 Å². The van der Waals surface area contributed by atoms with Crippen molar-refractivity contribution < 1.29 is 0 Å².